The first-order valence-electron chi connectivity index (χ1n) is 11.8. The lowest BCUT2D eigenvalue weighted by Gasteiger charge is -2.31. The Morgan fingerprint density at radius 1 is 0.871 bits per heavy atom. The van der Waals surface area contributed by atoms with E-state index in [1.165, 1.54) is 38.5 Å². The van der Waals surface area contributed by atoms with Gasteiger partial charge in [0.2, 0.25) is 0 Å². The lowest BCUT2D eigenvalue weighted by molar-refractivity contribution is -0.124. The number of aromatic nitrogens is 1. The first-order chi connectivity index (χ1) is 15.3. The fraction of sp³-hybridized carbons (Fsp3) is 0.462. The van der Waals surface area contributed by atoms with Crippen LogP contribution in [0.3, 0.4) is 0 Å². The van der Waals surface area contributed by atoms with Crippen LogP contribution >= 0.6 is 11.8 Å². The zero-order valence-electron chi connectivity index (χ0n) is 18.1. The summed E-state index contributed by atoms with van der Waals surface area (Å²) in [6.07, 6.45) is 16.2. The maximum Gasteiger partial charge on any atom is 0.267 e. The van der Waals surface area contributed by atoms with Gasteiger partial charge in [-0.15, -0.1) is 0 Å². The molecule has 0 unspecified atom stereocenters. The number of hydrogen-bond acceptors (Lipinski definition) is 3. The van der Waals surface area contributed by atoms with Gasteiger partial charge in [-0.25, -0.2) is 0 Å². The highest BCUT2D eigenvalue weighted by molar-refractivity contribution is 8.18. The Kier molecular flexibility index (Phi) is 6.30. The van der Waals surface area contributed by atoms with Crippen LogP contribution in [0, 0.1) is 0 Å². The highest BCUT2D eigenvalue weighted by Crippen LogP contribution is 2.38. The molecule has 0 atom stereocenters. The summed E-state index contributed by atoms with van der Waals surface area (Å²) in [5.74, 6) is 0.146. The summed E-state index contributed by atoms with van der Waals surface area (Å²) in [6, 6.07) is 15.1. The number of amides is 1. The van der Waals surface area contributed by atoms with Crippen LogP contribution in [-0.2, 0) is 4.79 Å². The molecule has 1 amide bonds. The Morgan fingerprint density at radius 2 is 1.58 bits per heavy atom. The van der Waals surface area contributed by atoms with Crippen LogP contribution in [0.5, 0.6) is 0 Å². The number of para-hydroxylation sites is 1. The largest absolute Gasteiger partial charge is 0.317 e. The highest BCUT2D eigenvalue weighted by Gasteiger charge is 2.39. The number of aliphatic imine (C=N–C) groups is 1. The third-order valence-corrected chi connectivity index (χ3v) is 7.74. The van der Waals surface area contributed by atoms with Crippen LogP contribution in [0.2, 0.25) is 0 Å². The second-order valence-electron chi connectivity index (χ2n) is 8.92. The van der Waals surface area contributed by atoms with Crippen molar-refractivity contribution in [3.63, 3.8) is 0 Å². The van der Waals surface area contributed by atoms with E-state index in [-0.39, 0.29) is 5.91 Å². The molecule has 1 aromatic heterocycles. The molecule has 2 aliphatic carbocycles. The van der Waals surface area contributed by atoms with Crippen molar-refractivity contribution in [1.29, 1.82) is 0 Å². The van der Waals surface area contributed by atoms with Gasteiger partial charge < -0.3 is 4.57 Å². The van der Waals surface area contributed by atoms with E-state index in [1.54, 1.807) is 11.8 Å². The van der Waals surface area contributed by atoms with Gasteiger partial charge >= 0.3 is 0 Å². The van der Waals surface area contributed by atoms with E-state index in [9.17, 15) is 4.79 Å². The zero-order chi connectivity index (χ0) is 21.0. The van der Waals surface area contributed by atoms with Gasteiger partial charge in [0.25, 0.3) is 5.91 Å². The van der Waals surface area contributed by atoms with E-state index in [0.29, 0.717) is 12.1 Å². The maximum atomic E-state index is 13.6. The Labute approximate surface area is 189 Å². The summed E-state index contributed by atoms with van der Waals surface area (Å²) in [6.45, 7) is 0. The van der Waals surface area contributed by atoms with Crippen LogP contribution in [-0.4, -0.2) is 32.6 Å². The summed E-state index contributed by atoms with van der Waals surface area (Å²) in [5, 5.41) is 0.952. The molecule has 5 rings (SSSR count). The molecule has 1 saturated heterocycles. The van der Waals surface area contributed by atoms with Crippen molar-refractivity contribution in [2.45, 2.75) is 76.3 Å². The van der Waals surface area contributed by atoms with Crippen molar-refractivity contribution >= 4 is 28.9 Å². The number of thioether (sulfide) groups is 1. The van der Waals surface area contributed by atoms with Crippen molar-refractivity contribution in [2.75, 3.05) is 0 Å². The Morgan fingerprint density at radius 3 is 2.32 bits per heavy atom. The quantitative estimate of drug-likeness (QED) is 0.522. The lowest BCUT2D eigenvalue weighted by Crippen LogP contribution is -2.41. The molecule has 4 nitrogen and oxygen atoms in total. The molecular formula is C26H31N3OS. The van der Waals surface area contributed by atoms with Gasteiger partial charge in [-0.2, -0.15) is 0 Å². The molecule has 0 bridgehead atoms. The summed E-state index contributed by atoms with van der Waals surface area (Å²) in [4.78, 5) is 21.6. The van der Waals surface area contributed by atoms with Gasteiger partial charge in [-0.1, -0.05) is 56.7 Å². The molecule has 3 aliphatic rings. The molecule has 0 N–H and O–H groups in total. The third-order valence-electron chi connectivity index (χ3n) is 6.74. The van der Waals surface area contributed by atoms with E-state index in [4.69, 9.17) is 4.99 Å². The molecule has 2 heterocycles. The second-order valence-corrected chi connectivity index (χ2v) is 9.93. The minimum Gasteiger partial charge on any atom is -0.317 e. The Hall–Kier alpha value is -2.27. The average Bonchev–Trinajstić information content (AvgIpc) is 3.40. The molecule has 1 aliphatic heterocycles. The highest BCUT2D eigenvalue weighted by atomic mass is 32.2. The minimum atomic E-state index is 0.146. The van der Waals surface area contributed by atoms with Crippen molar-refractivity contribution in [3.05, 3.63) is 59.3 Å². The first-order valence-corrected chi connectivity index (χ1v) is 12.6. The first kappa shape index (κ1) is 20.6. The van der Waals surface area contributed by atoms with E-state index >= 15 is 0 Å². The van der Waals surface area contributed by atoms with Crippen molar-refractivity contribution in [2.24, 2.45) is 4.99 Å². The molecule has 5 heteroatoms. The molecule has 0 radical (unpaired) electrons. The van der Waals surface area contributed by atoms with E-state index < -0.39 is 0 Å². The van der Waals surface area contributed by atoms with Crippen LogP contribution in [0.25, 0.3) is 11.8 Å². The normalized spacial score (nSPS) is 23.9. The summed E-state index contributed by atoms with van der Waals surface area (Å²) < 4.78 is 2.14. The van der Waals surface area contributed by atoms with Crippen molar-refractivity contribution < 1.29 is 4.79 Å². The van der Waals surface area contributed by atoms with E-state index in [2.05, 4.69) is 39.9 Å². The van der Waals surface area contributed by atoms with Crippen LogP contribution < -0.4 is 0 Å². The summed E-state index contributed by atoms with van der Waals surface area (Å²) in [5.41, 5.74) is 2.14. The maximum absolute atomic E-state index is 13.6. The number of amidine groups is 1. The number of carbonyl (C=O) groups is 1. The molecule has 2 saturated carbocycles. The Bertz CT molecular complexity index is 966. The van der Waals surface area contributed by atoms with Crippen LogP contribution in [0.4, 0.5) is 0 Å². The van der Waals surface area contributed by atoms with Crippen LogP contribution in [0.1, 0.15) is 69.9 Å². The van der Waals surface area contributed by atoms with Gasteiger partial charge in [-0.3, -0.25) is 14.7 Å². The van der Waals surface area contributed by atoms with E-state index in [1.807, 2.05) is 24.3 Å². The standard InChI is InChI=1S/C26H31N3OS/c30-25-24(19-23-17-10-18-28(23)21-13-6-2-7-14-21)31-26(27-20-11-4-1-5-12-20)29(25)22-15-8-3-9-16-22/h2,6-7,10,13-14,17-20,22H,1,3-5,8-9,11-12,15-16H2/b24-19-,27-26?. The fourth-order valence-corrected chi connectivity index (χ4v) is 6.17. The topological polar surface area (TPSA) is 37.6 Å². The molecule has 3 fully saturated rings. The lowest BCUT2D eigenvalue weighted by atomic mass is 9.94. The molecule has 2 aromatic rings. The SMILES string of the molecule is O=C1/C(=C/c2cccn2-c2ccccc2)SC(=NC2CCCCC2)N1C1CCCCC1. The number of benzene rings is 1. The van der Waals surface area contributed by atoms with Gasteiger partial charge in [0.1, 0.15) is 0 Å². The fourth-order valence-electron chi connectivity index (χ4n) is 5.07. The van der Waals surface area contributed by atoms with Crippen LogP contribution in [0.15, 0.2) is 58.6 Å². The Balaban J connectivity index is 1.47. The summed E-state index contributed by atoms with van der Waals surface area (Å²) >= 11 is 1.59. The number of rotatable bonds is 4. The smallest absolute Gasteiger partial charge is 0.267 e. The monoisotopic (exact) mass is 433 g/mol. The number of nitrogens with zero attached hydrogens (tertiary/aromatic N) is 3. The molecular weight excluding hydrogens is 402 g/mol. The summed E-state index contributed by atoms with van der Waals surface area (Å²) in [7, 11) is 0. The molecule has 162 valence electrons. The van der Waals surface area contributed by atoms with Gasteiger partial charge in [0.15, 0.2) is 5.17 Å². The predicted molar refractivity (Wildman–Crippen MR) is 129 cm³/mol. The van der Waals surface area contributed by atoms with E-state index in [0.717, 1.165) is 47.1 Å². The van der Waals surface area contributed by atoms with Gasteiger partial charge in [0.05, 0.1) is 10.9 Å². The number of carbonyl (C=O) groups excluding carboxylic acids is 1. The molecule has 31 heavy (non-hydrogen) atoms. The van der Waals surface area contributed by atoms with Gasteiger partial charge in [0, 0.05) is 23.6 Å². The van der Waals surface area contributed by atoms with Crippen molar-refractivity contribution in [3.8, 4) is 5.69 Å². The second kappa shape index (κ2) is 9.47. The van der Waals surface area contributed by atoms with Gasteiger partial charge in [-0.05, 0) is 67.8 Å². The molecule has 1 aromatic carbocycles. The van der Waals surface area contributed by atoms with Crippen molar-refractivity contribution in [1.82, 2.24) is 9.47 Å². The predicted octanol–water partition coefficient (Wildman–Crippen LogP) is 6.42. The molecule has 0 spiro atoms. The average molecular weight is 434 g/mol. The third kappa shape index (κ3) is 4.52. The zero-order valence-corrected chi connectivity index (χ0v) is 18.9. The minimum absolute atomic E-state index is 0.146. The number of hydrogen-bond donors (Lipinski definition) is 0.